The smallest absolute Gasteiger partial charge is 0.287 e. The maximum Gasteiger partial charge on any atom is 0.287 e. The van der Waals surface area contributed by atoms with E-state index in [2.05, 4.69) is 10.3 Å². The molecule has 2 heterocycles. The molecule has 0 atom stereocenters. The number of nitrogens with two attached hydrogens (primary N) is 1. The van der Waals surface area contributed by atoms with Crippen LogP contribution >= 0.6 is 0 Å². The van der Waals surface area contributed by atoms with Gasteiger partial charge < -0.3 is 10.3 Å². The summed E-state index contributed by atoms with van der Waals surface area (Å²) >= 11 is 0. The molecule has 2 aromatic rings. The van der Waals surface area contributed by atoms with Gasteiger partial charge in [-0.15, -0.1) is 0 Å². The molecule has 0 aliphatic rings. The third-order valence-electron chi connectivity index (χ3n) is 1.75. The molecule has 0 fully saturated rings. The maximum absolute atomic E-state index is 10.7. The van der Waals surface area contributed by atoms with Crippen LogP contribution in [0.25, 0.3) is 11.3 Å². The molecule has 0 aromatic carbocycles. The minimum Gasteiger partial charge on any atom is -0.363 e. The number of nitrogens with zero attached hydrogens (tertiary/aromatic N) is 3. The Kier molecular flexibility index (Phi) is 1.81. The Bertz CT molecular complexity index is 471. The van der Waals surface area contributed by atoms with Crippen molar-refractivity contribution in [3.8, 4) is 11.3 Å². The zero-order valence-electron chi connectivity index (χ0n) is 7.47. The van der Waals surface area contributed by atoms with Crippen LogP contribution in [0.3, 0.4) is 0 Å². The Balaban J connectivity index is 2.38. The first kappa shape index (κ1) is 8.49. The van der Waals surface area contributed by atoms with E-state index in [0.29, 0.717) is 5.69 Å². The molecule has 2 N–H and O–H groups in total. The summed E-state index contributed by atoms with van der Waals surface area (Å²) in [5, 5.41) is 7.66. The molecule has 0 aliphatic heterocycles. The molecular formula is C8H8N4O2. The Labute approximate surface area is 79.3 Å². The highest BCUT2D eigenvalue weighted by molar-refractivity contribution is 5.90. The van der Waals surface area contributed by atoms with Gasteiger partial charge in [0.2, 0.25) is 5.76 Å². The Hall–Kier alpha value is -2.11. The number of rotatable bonds is 2. The van der Waals surface area contributed by atoms with Gasteiger partial charge in [-0.1, -0.05) is 5.16 Å². The maximum atomic E-state index is 10.7. The zero-order valence-corrected chi connectivity index (χ0v) is 7.47. The predicted molar refractivity (Wildman–Crippen MR) is 47.2 cm³/mol. The number of aromatic nitrogens is 3. The topological polar surface area (TPSA) is 86.9 Å². The first-order valence-corrected chi connectivity index (χ1v) is 3.92. The van der Waals surface area contributed by atoms with E-state index in [1.165, 1.54) is 6.07 Å². The average molecular weight is 192 g/mol. The van der Waals surface area contributed by atoms with Gasteiger partial charge in [-0.3, -0.25) is 9.48 Å². The molecule has 0 spiro atoms. The standard InChI is InChI=1S/C8H8N4O2/c1-12-4-5(3-10-12)6-2-7(8(9)13)14-11-6/h2-4H,1H3,(H2,9,13). The number of aryl methyl sites for hydroxylation is 1. The van der Waals surface area contributed by atoms with Crippen LogP contribution in [0.1, 0.15) is 10.6 Å². The molecule has 2 rings (SSSR count). The molecule has 6 heteroatoms. The van der Waals surface area contributed by atoms with Crippen molar-refractivity contribution >= 4 is 5.91 Å². The van der Waals surface area contributed by atoms with Gasteiger partial charge in [0.15, 0.2) is 0 Å². The van der Waals surface area contributed by atoms with Gasteiger partial charge in [-0.05, 0) is 0 Å². The van der Waals surface area contributed by atoms with Crippen LogP contribution in [-0.2, 0) is 7.05 Å². The van der Waals surface area contributed by atoms with E-state index < -0.39 is 5.91 Å². The second kappa shape index (κ2) is 2.99. The molecule has 72 valence electrons. The van der Waals surface area contributed by atoms with E-state index in [1.54, 1.807) is 24.1 Å². The molecule has 0 radical (unpaired) electrons. The SMILES string of the molecule is Cn1cc(-c2cc(C(N)=O)on2)cn1. The third kappa shape index (κ3) is 1.37. The second-order valence-corrected chi connectivity index (χ2v) is 2.84. The third-order valence-corrected chi connectivity index (χ3v) is 1.75. The molecule has 6 nitrogen and oxygen atoms in total. The van der Waals surface area contributed by atoms with Gasteiger partial charge >= 0.3 is 0 Å². The highest BCUT2D eigenvalue weighted by atomic mass is 16.5. The Morgan fingerprint density at radius 3 is 2.93 bits per heavy atom. The molecule has 0 bridgehead atoms. The second-order valence-electron chi connectivity index (χ2n) is 2.84. The first-order valence-electron chi connectivity index (χ1n) is 3.92. The van der Waals surface area contributed by atoms with Crippen molar-refractivity contribution in [2.45, 2.75) is 0 Å². The van der Waals surface area contributed by atoms with Crippen molar-refractivity contribution < 1.29 is 9.32 Å². The predicted octanol–water partition coefficient (Wildman–Crippen LogP) is 0.174. The number of hydrogen-bond donors (Lipinski definition) is 1. The lowest BCUT2D eigenvalue weighted by Gasteiger charge is -1.83. The summed E-state index contributed by atoms with van der Waals surface area (Å²) in [7, 11) is 1.79. The van der Waals surface area contributed by atoms with Gasteiger partial charge in [0.25, 0.3) is 5.91 Å². The molecule has 14 heavy (non-hydrogen) atoms. The van der Waals surface area contributed by atoms with E-state index >= 15 is 0 Å². The zero-order chi connectivity index (χ0) is 10.1. The highest BCUT2D eigenvalue weighted by Gasteiger charge is 2.11. The van der Waals surface area contributed by atoms with Crippen LogP contribution in [0.4, 0.5) is 0 Å². The Morgan fingerprint density at radius 1 is 1.64 bits per heavy atom. The average Bonchev–Trinajstić information content (AvgIpc) is 2.70. The molecule has 1 amide bonds. The summed E-state index contributed by atoms with van der Waals surface area (Å²) in [5.41, 5.74) is 6.35. The van der Waals surface area contributed by atoms with E-state index in [-0.39, 0.29) is 5.76 Å². The summed E-state index contributed by atoms with van der Waals surface area (Å²) in [6, 6.07) is 1.49. The lowest BCUT2D eigenvalue weighted by Crippen LogP contribution is -2.09. The van der Waals surface area contributed by atoms with E-state index in [9.17, 15) is 4.79 Å². The fraction of sp³-hybridized carbons (Fsp3) is 0.125. The van der Waals surface area contributed by atoms with Crippen molar-refractivity contribution in [2.75, 3.05) is 0 Å². The van der Waals surface area contributed by atoms with E-state index in [4.69, 9.17) is 10.3 Å². The van der Waals surface area contributed by atoms with Gasteiger partial charge in [0.1, 0.15) is 5.69 Å². The molecule has 0 aliphatic carbocycles. The highest BCUT2D eigenvalue weighted by Crippen LogP contribution is 2.17. The lowest BCUT2D eigenvalue weighted by atomic mass is 10.2. The summed E-state index contributed by atoms with van der Waals surface area (Å²) in [6.45, 7) is 0. The number of carbonyl (C=O) groups is 1. The molecule has 0 unspecified atom stereocenters. The van der Waals surface area contributed by atoms with Crippen LogP contribution < -0.4 is 5.73 Å². The number of carbonyl (C=O) groups excluding carboxylic acids is 1. The van der Waals surface area contributed by atoms with Crippen LogP contribution in [0.15, 0.2) is 23.0 Å². The van der Waals surface area contributed by atoms with Crippen molar-refractivity contribution in [2.24, 2.45) is 12.8 Å². The minimum atomic E-state index is -0.632. The monoisotopic (exact) mass is 192 g/mol. The summed E-state index contributed by atoms with van der Waals surface area (Å²) in [5.74, 6) is -0.587. The van der Waals surface area contributed by atoms with Crippen LogP contribution in [0, 0.1) is 0 Å². The largest absolute Gasteiger partial charge is 0.363 e. The van der Waals surface area contributed by atoms with Crippen molar-refractivity contribution in [3.63, 3.8) is 0 Å². The van der Waals surface area contributed by atoms with Gasteiger partial charge in [-0.2, -0.15) is 5.10 Å². The lowest BCUT2D eigenvalue weighted by molar-refractivity contribution is 0.0965. The molecule has 0 saturated heterocycles. The van der Waals surface area contributed by atoms with Crippen LogP contribution in [0.5, 0.6) is 0 Å². The number of amides is 1. The molecule has 0 saturated carbocycles. The fourth-order valence-electron chi connectivity index (χ4n) is 1.08. The Morgan fingerprint density at radius 2 is 2.43 bits per heavy atom. The first-order chi connectivity index (χ1) is 6.66. The quantitative estimate of drug-likeness (QED) is 0.734. The van der Waals surface area contributed by atoms with Crippen molar-refractivity contribution in [3.05, 3.63) is 24.2 Å². The van der Waals surface area contributed by atoms with Gasteiger partial charge in [0.05, 0.1) is 6.20 Å². The summed E-state index contributed by atoms with van der Waals surface area (Å²) < 4.78 is 6.36. The number of hydrogen-bond acceptors (Lipinski definition) is 4. The normalized spacial score (nSPS) is 10.4. The van der Waals surface area contributed by atoms with Gasteiger partial charge in [-0.25, -0.2) is 0 Å². The van der Waals surface area contributed by atoms with Crippen LogP contribution in [0.2, 0.25) is 0 Å². The fourth-order valence-corrected chi connectivity index (χ4v) is 1.08. The van der Waals surface area contributed by atoms with Crippen molar-refractivity contribution in [1.29, 1.82) is 0 Å². The van der Waals surface area contributed by atoms with Gasteiger partial charge in [0, 0.05) is 24.9 Å². The van der Waals surface area contributed by atoms with Crippen LogP contribution in [-0.4, -0.2) is 20.8 Å². The molecule has 2 aromatic heterocycles. The van der Waals surface area contributed by atoms with E-state index in [0.717, 1.165) is 5.56 Å². The summed E-state index contributed by atoms with van der Waals surface area (Å²) in [4.78, 5) is 10.7. The molecular weight excluding hydrogens is 184 g/mol. The summed E-state index contributed by atoms with van der Waals surface area (Å²) in [6.07, 6.45) is 3.39. The van der Waals surface area contributed by atoms with Crippen molar-refractivity contribution in [1.82, 2.24) is 14.9 Å². The van der Waals surface area contributed by atoms with E-state index in [1.807, 2.05) is 0 Å². The number of primary amides is 1. The minimum absolute atomic E-state index is 0.0452.